The van der Waals surface area contributed by atoms with Crippen molar-refractivity contribution in [3.63, 3.8) is 0 Å². The van der Waals surface area contributed by atoms with Crippen molar-refractivity contribution in [1.29, 1.82) is 0 Å². The zero-order valence-corrected chi connectivity index (χ0v) is 16.0. The maximum atomic E-state index is 11.7. The van der Waals surface area contributed by atoms with Crippen LogP contribution in [0, 0.1) is 0 Å². The van der Waals surface area contributed by atoms with E-state index in [4.69, 9.17) is 20.2 Å². The van der Waals surface area contributed by atoms with Gasteiger partial charge in [-0.1, -0.05) is 6.07 Å². The van der Waals surface area contributed by atoms with Crippen LogP contribution in [-0.4, -0.2) is 84.2 Å². The van der Waals surface area contributed by atoms with Gasteiger partial charge in [0, 0.05) is 32.6 Å². The second-order valence-electron chi connectivity index (χ2n) is 7.33. The minimum absolute atomic E-state index is 0.0700. The van der Waals surface area contributed by atoms with E-state index in [1.54, 1.807) is 6.07 Å². The molecule has 158 valence electrons. The maximum Gasteiger partial charge on any atom is 0.343 e. The van der Waals surface area contributed by atoms with Crippen molar-refractivity contribution in [3.8, 4) is 11.5 Å². The molecule has 6 N–H and O–H groups in total. The third-order valence-electron chi connectivity index (χ3n) is 5.07. The monoisotopic (exact) mass is 407 g/mol. The van der Waals surface area contributed by atoms with E-state index in [1.165, 1.54) is 0 Å². The largest absolute Gasteiger partial charge is 0.563 e. The molecule has 1 saturated heterocycles. The molecule has 1 aromatic carbocycles. The second-order valence-corrected chi connectivity index (χ2v) is 7.33. The van der Waals surface area contributed by atoms with E-state index in [2.05, 4.69) is 10.2 Å². The van der Waals surface area contributed by atoms with Crippen LogP contribution in [0.25, 0.3) is 0 Å². The van der Waals surface area contributed by atoms with Crippen LogP contribution in [-0.2, 0) is 11.2 Å². The summed E-state index contributed by atoms with van der Waals surface area (Å²) in [6, 6.07) is 2.45. The van der Waals surface area contributed by atoms with E-state index in [-0.39, 0.29) is 18.1 Å². The number of nitrogens with two attached hydrogens (primary N) is 1. The highest BCUT2D eigenvalue weighted by atomic mass is 16.5. The number of aryl methyl sites for hydroxylation is 1. The van der Waals surface area contributed by atoms with Gasteiger partial charge in [-0.15, -0.1) is 0 Å². The molecule has 0 saturated carbocycles. The van der Waals surface area contributed by atoms with E-state index < -0.39 is 24.2 Å². The molecule has 0 aliphatic carbocycles. The Labute approximate surface area is 168 Å². The molecule has 0 aromatic heterocycles. The highest BCUT2D eigenvalue weighted by Gasteiger charge is 2.31. The molecule has 0 amide bonds. The summed E-state index contributed by atoms with van der Waals surface area (Å²) < 4.78 is 11.5. The standard InChI is InChI=1S/C18H26BN3O7/c20-12(17(24)25)7-14(23)21-5-6-22-8-11(9-22)28-13-2-1-10-3-4-19-29-16(10)15(13)18(26)27/h1-2,11-12,14,19,21,23H,3-9,20H2,(H,24,25)(H,26,27)/t12-,14?/m0/s1. The van der Waals surface area contributed by atoms with Gasteiger partial charge in [0.25, 0.3) is 0 Å². The Morgan fingerprint density at radius 3 is 2.83 bits per heavy atom. The lowest BCUT2D eigenvalue weighted by molar-refractivity contribution is -0.139. The van der Waals surface area contributed by atoms with Crippen LogP contribution in [0.5, 0.6) is 11.5 Å². The topological polar surface area (TPSA) is 155 Å². The van der Waals surface area contributed by atoms with Gasteiger partial charge in [0.05, 0.1) is 0 Å². The summed E-state index contributed by atoms with van der Waals surface area (Å²) >= 11 is 0. The highest BCUT2D eigenvalue weighted by Crippen LogP contribution is 2.36. The van der Waals surface area contributed by atoms with E-state index in [9.17, 15) is 19.8 Å². The summed E-state index contributed by atoms with van der Waals surface area (Å²) in [6.07, 6.45) is 0.487. The number of rotatable bonds is 10. The summed E-state index contributed by atoms with van der Waals surface area (Å²) in [5.74, 6) is -1.48. The smallest absolute Gasteiger partial charge is 0.343 e. The number of aliphatic hydroxyl groups excluding tert-OH is 1. The van der Waals surface area contributed by atoms with Crippen LogP contribution in [0.3, 0.4) is 0 Å². The first-order valence-corrected chi connectivity index (χ1v) is 9.66. The fourth-order valence-corrected chi connectivity index (χ4v) is 3.48. The van der Waals surface area contributed by atoms with Crippen LogP contribution in [0.4, 0.5) is 0 Å². The van der Waals surface area contributed by atoms with Crippen molar-refractivity contribution >= 4 is 19.4 Å². The Bertz CT molecular complexity index is 757. The molecule has 2 atom stereocenters. The number of carboxylic acid groups (broad SMARTS) is 2. The predicted molar refractivity (Wildman–Crippen MR) is 105 cm³/mol. The zero-order valence-electron chi connectivity index (χ0n) is 16.0. The molecule has 1 fully saturated rings. The number of nitrogens with one attached hydrogen (secondary N) is 1. The molecule has 2 heterocycles. The fourth-order valence-electron chi connectivity index (χ4n) is 3.48. The van der Waals surface area contributed by atoms with Crippen molar-refractivity contribution in [1.82, 2.24) is 10.2 Å². The van der Waals surface area contributed by atoms with Gasteiger partial charge in [0.15, 0.2) is 0 Å². The van der Waals surface area contributed by atoms with Crippen molar-refractivity contribution < 1.29 is 34.3 Å². The summed E-state index contributed by atoms with van der Waals surface area (Å²) in [7, 11) is 0.504. The number of hydrogen-bond acceptors (Lipinski definition) is 8. The molecule has 2 aliphatic heterocycles. The number of fused-ring (bicyclic) bond motifs is 1. The average Bonchev–Trinajstić information content (AvgIpc) is 2.65. The highest BCUT2D eigenvalue weighted by molar-refractivity contribution is 6.29. The first-order valence-electron chi connectivity index (χ1n) is 9.66. The van der Waals surface area contributed by atoms with Gasteiger partial charge in [0.1, 0.15) is 35.4 Å². The summed E-state index contributed by atoms with van der Waals surface area (Å²) in [5, 5.41) is 30.9. The number of aromatic carboxylic acids is 1. The predicted octanol–water partition coefficient (Wildman–Crippen LogP) is -1.14. The van der Waals surface area contributed by atoms with Gasteiger partial charge in [-0.2, -0.15) is 0 Å². The number of aliphatic hydroxyl groups is 1. The Hall–Kier alpha value is -2.34. The van der Waals surface area contributed by atoms with Gasteiger partial charge in [-0.05, 0) is 24.4 Å². The lowest BCUT2D eigenvalue weighted by Crippen LogP contribution is -2.55. The van der Waals surface area contributed by atoms with E-state index >= 15 is 0 Å². The number of carboxylic acids is 2. The second kappa shape index (κ2) is 9.44. The third kappa shape index (κ3) is 5.38. The lowest BCUT2D eigenvalue weighted by atomic mass is 9.85. The first-order chi connectivity index (χ1) is 13.8. The normalized spacial score (nSPS) is 18.6. The molecule has 1 aromatic rings. The summed E-state index contributed by atoms with van der Waals surface area (Å²) in [6.45, 7) is 2.36. The molecule has 0 radical (unpaired) electrons. The van der Waals surface area contributed by atoms with Gasteiger partial charge in [-0.25, -0.2) is 4.79 Å². The Morgan fingerprint density at radius 1 is 1.38 bits per heavy atom. The minimum atomic E-state index is -1.15. The molecular weight excluding hydrogens is 381 g/mol. The Morgan fingerprint density at radius 2 is 2.14 bits per heavy atom. The SMILES string of the molecule is N[C@@H](CC(O)NCCN1CC(Oc2ccc3c(c2C(=O)O)OBCC3)C1)C(=O)O. The molecule has 0 bridgehead atoms. The Kier molecular flexibility index (Phi) is 6.96. The Balaban J connectivity index is 1.44. The van der Waals surface area contributed by atoms with Crippen LogP contribution in [0.1, 0.15) is 22.3 Å². The van der Waals surface area contributed by atoms with Crippen molar-refractivity contribution in [3.05, 3.63) is 23.3 Å². The summed E-state index contributed by atoms with van der Waals surface area (Å²) in [5.41, 5.74) is 6.35. The molecule has 3 rings (SSSR count). The van der Waals surface area contributed by atoms with Gasteiger partial charge in [0.2, 0.25) is 0 Å². The molecule has 11 heteroatoms. The molecule has 0 spiro atoms. The maximum absolute atomic E-state index is 11.7. The molecule has 29 heavy (non-hydrogen) atoms. The van der Waals surface area contributed by atoms with Gasteiger partial charge in [-0.3, -0.25) is 15.0 Å². The first kappa shape index (κ1) is 21.4. The van der Waals surface area contributed by atoms with Gasteiger partial charge < -0.3 is 30.4 Å². The van der Waals surface area contributed by atoms with E-state index in [0.717, 1.165) is 18.3 Å². The van der Waals surface area contributed by atoms with Crippen molar-refractivity contribution in [2.75, 3.05) is 26.2 Å². The quantitative estimate of drug-likeness (QED) is 0.238. The van der Waals surface area contributed by atoms with E-state index in [0.29, 0.717) is 45.2 Å². The number of hydrogen-bond donors (Lipinski definition) is 5. The van der Waals surface area contributed by atoms with Crippen LogP contribution < -0.4 is 20.4 Å². The van der Waals surface area contributed by atoms with Crippen LogP contribution >= 0.6 is 0 Å². The fraction of sp³-hybridized carbons (Fsp3) is 0.556. The third-order valence-corrected chi connectivity index (χ3v) is 5.07. The lowest BCUT2D eigenvalue weighted by Gasteiger charge is -2.39. The van der Waals surface area contributed by atoms with E-state index in [1.807, 2.05) is 6.07 Å². The molecule has 10 nitrogen and oxygen atoms in total. The summed E-state index contributed by atoms with van der Waals surface area (Å²) in [4.78, 5) is 24.5. The molecular formula is C18H26BN3O7. The number of benzene rings is 1. The number of aliphatic carboxylic acids is 1. The number of carbonyl (C=O) groups is 2. The molecule has 1 unspecified atom stereocenters. The average molecular weight is 407 g/mol. The van der Waals surface area contributed by atoms with Crippen LogP contribution in [0.15, 0.2) is 12.1 Å². The van der Waals surface area contributed by atoms with Crippen molar-refractivity contribution in [2.24, 2.45) is 5.73 Å². The van der Waals surface area contributed by atoms with Gasteiger partial charge >= 0.3 is 19.4 Å². The minimum Gasteiger partial charge on any atom is -0.563 e. The number of likely N-dealkylation sites (tertiary alicyclic amines) is 1. The number of nitrogens with zero attached hydrogens (tertiary/aromatic N) is 1. The molecule has 2 aliphatic rings. The van der Waals surface area contributed by atoms with Crippen LogP contribution in [0.2, 0.25) is 6.32 Å². The number of ether oxygens (including phenoxy) is 1. The van der Waals surface area contributed by atoms with Crippen molar-refractivity contribution in [2.45, 2.75) is 37.5 Å². The zero-order chi connectivity index (χ0) is 21.0.